The molecule has 0 radical (unpaired) electrons. The molecule has 2 fully saturated rings. The molecule has 4 rings (SSSR count). The number of carbonyl (C=O) groups is 1. The summed E-state index contributed by atoms with van der Waals surface area (Å²) < 4.78 is 70.4. The van der Waals surface area contributed by atoms with E-state index in [0.717, 1.165) is 35.3 Å². The summed E-state index contributed by atoms with van der Waals surface area (Å²) >= 11 is 0. The molecule has 1 amide bonds. The molecule has 0 unspecified atom stereocenters. The van der Waals surface area contributed by atoms with Crippen molar-refractivity contribution in [2.45, 2.75) is 49.2 Å². The Hall–Kier alpha value is -2.47. The largest absolute Gasteiger partial charge is 0.416 e. The summed E-state index contributed by atoms with van der Waals surface area (Å²) in [6, 6.07) is 3.67. The molecule has 12 heteroatoms. The molecular formula is C19H21F3N4O4S. The molecule has 1 N–H and O–H groups in total. The number of sulfonamides is 1. The zero-order valence-corrected chi connectivity index (χ0v) is 17.2. The number of halogens is 3. The van der Waals surface area contributed by atoms with E-state index in [4.69, 9.17) is 4.52 Å². The Morgan fingerprint density at radius 2 is 1.90 bits per heavy atom. The maximum absolute atomic E-state index is 12.9. The molecule has 1 aliphatic carbocycles. The zero-order valence-electron chi connectivity index (χ0n) is 16.4. The number of rotatable bonds is 6. The molecule has 8 nitrogen and oxygen atoms in total. The highest BCUT2D eigenvalue weighted by Gasteiger charge is 2.35. The summed E-state index contributed by atoms with van der Waals surface area (Å²) in [6.45, 7) is 0.188. The zero-order chi connectivity index (χ0) is 22.2. The van der Waals surface area contributed by atoms with Gasteiger partial charge in [-0.3, -0.25) is 4.79 Å². The fourth-order valence-electron chi connectivity index (χ4n) is 3.49. The highest BCUT2D eigenvalue weighted by atomic mass is 32.2. The molecule has 31 heavy (non-hydrogen) atoms. The SMILES string of the molecule is O=C(NCc1nc(C2CC2)no1)C1CCN(S(=O)(=O)c2cccc(C(F)(F)F)c2)CC1. The van der Waals surface area contributed by atoms with Gasteiger partial charge in [0.2, 0.25) is 21.8 Å². The number of aromatic nitrogens is 2. The first kappa shape index (κ1) is 21.8. The van der Waals surface area contributed by atoms with Crippen LogP contribution in [-0.4, -0.2) is 41.9 Å². The number of nitrogens with zero attached hydrogens (tertiary/aromatic N) is 3. The van der Waals surface area contributed by atoms with Gasteiger partial charge < -0.3 is 9.84 Å². The molecule has 1 saturated heterocycles. The summed E-state index contributed by atoms with van der Waals surface area (Å²) in [7, 11) is -4.08. The number of amides is 1. The number of carbonyl (C=O) groups excluding carboxylic acids is 1. The van der Waals surface area contributed by atoms with Crippen molar-refractivity contribution in [2.24, 2.45) is 5.92 Å². The monoisotopic (exact) mass is 458 g/mol. The molecule has 2 aromatic rings. The van der Waals surface area contributed by atoms with Gasteiger partial charge in [-0.2, -0.15) is 22.5 Å². The predicted octanol–water partition coefficient (Wildman–Crippen LogP) is 2.68. The molecule has 0 spiro atoms. The van der Waals surface area contributed by atoms with E-state index in [-0.39, 0.29) is 38.4 Å². The number of hydrogen-bond acceptors (Lipinski definition) is 6. The Labute approximate surface area is 176 Å². The fraction of sp³-hybridized carbons (Fsp3) is 0.526. The first-order valence-electron chi connectivity index (χ1n) is 9.92. The third-order valence-corrected chi connectivity index (χ3v) is 7.36. The predicted molar refractivity (Wildman–Crippen MR) is 101 cm³/mol. The van der Waals surface area contributed by atoms with Gasteiger partial charge in [-0.05, 0) is 43.9 Å². The molecule has 2 aliphatic rings. The molecule has 1 aromatic heterocycles. The van der Waals surface area contributed by atoms with Gasteiger partial charge in [0.05, 0.1) is 17.0 Å². The highest BCUT2D eigenvalue weighted by Crippen LogP contribution is 2.38. The number of benzene rings is 1. The van der Waals surface area contributed by atoms with E-state index >= 15 is 0 Å². The molecule has 168 valence electrons. The van der Waals surface area contributed by atoms with E-state index in [0.29, 0.717) is 23.7 Å². The standard InChI is InChI=1S/C19H21F3N4O4S/c20-19(21,22)14-2-1-3-15(10-14)31(28,29)26-8-6-13(7-9-26)18(27)23-11-16-24-17(25-30-16)12-4-5-12/h1-3,10,12-13H,4-9,11H2,(H,23,27). The molecule has 1 aliphatic heterocycles. The highest BCUT2D eigenvalue weighted by molar-refractivity contribution is 7.89. The summed E-state index contributed by atoms with van der Waals surface area (Å²) in [5.74, 6) is 0.662. The van der Waals surface area contributed by atoms with Crippen molar-refractivity contribution in [3.8, 4) is 0 Å². The fourth-order valence-corrected chi connectivity index (χ4v) is 5.01. The van der Waals surface area contributed by atoms with Crippen LogP contribution in [0.1, 0.15) is 48.9 Å². The van der Waals surface area contributed by atoms with Gasteiger partial charge in [0, 0.05) is 24.9 Å². The Bertz CT molecular complexity index is 1060. The van der Waals surface area contributed by atoms with Crippen molar-refractivity contribution in [2.75, 3.05) is 13.1 Å². The van der Waals surface area contributed by atoms with Crippen LogP contribution in [0, 0.1) is 5.92 Å². The second-order valence-electron chi connectivity index (χ2n) is 7.74. The lowest BCUT2D eigenvalue weighted by Crippen LogP contribution is -2.42. The van der Waals surface area contributed by atoms with E-state index in [1.807, 2.05) is 0 Å². The van der Waals surface area contributed by atoms with Gasteiger partial charge in [-0.15, -0.1) is 0 Å². The van der Waals surface area contributed by atoms with Gasteiger partial charge >= 0.3 is 6.18 Å². The van der Waals surface area contributed by atoms with Gasteiger partial charge in [0.25, 0.3) is 0 Å². The Balaban J connectivity index is 1.32. The van der Waals surface area contributed by atoms with Crippen LogP contribution in [0.4, 0.5) is 13.2 Å². The van der Waals surface area contributed by atoms with Crippen LogP contribution < -0.4 is 5.32 Å². The lowest BCUT2D eigenvalue weighted by molar-refractivity contribution is -0.137. The second-order valence-corrected chi connectivity index (χ2v) is 9.68. The third kappa shape index (κ3) is 4.90. The number of alkyl halides is 3. The van der Waals surface area contributed by atoms with Gasteiger partial charge in [0.1, 0.15) is 0 Å². The van der Waals surface area contributed by atoms with E-state index in [2.05, 4.69) is 15.5 Å². The maximum atomic E-state index is 12.9. The Morgan fingerprint density at radius 1 is 1.19 bits per heavy atom. The van der Waals surface area contributed by atoms with E-state index in [1.165, 1.54) is 0 Å². The third-order valence-electron chi connectivity index (χ3n) is 5.46. The van der Waals surface area contributed by atoms with E-state index < -0.39 is 32.6 Å². The summed E-state index contributed by atoms with van der Waals surface area (Å²) in [5.41, 5.74) is -1.02. The van der Waals surface area contributed by atoms with Gasteiger partial charge in [0.15, 0.2) is 5.82 Å². The number of nitrogens with one attached hydrogen (secondary N) is 1. The van der Waals surface area contributed by atoms with Crippen molar-refractivity contribution in [3.05, 3.63) is 41.5 Å². The van der Waals surface area contributed by atoms with Crippen molar-refractivity contribution in [1.82, 2.24) is 19.8 Å². The molecule has 1 saturated carbocycles. The Morgan fingerprint density at radius 3 is 2.55 bits per heavy atom. The smallest absolute Gasteiger partial charge is 0.347 e. The maximum Gasteiger partial charge on any atom is 0.416 e. The first-order chi connectivity index (χ1) is 14.6. The average Bonchev–Trinajstić information content (AvgIpc) is 3.49. The number of hydrogen-bond donors (Lipinski definition) is 1. The minimum atomic E-state index is -4.63. The lowest BCUT2D eigenvalue weighted by Gasteiger charge is -2.30. The van der Waals surface area contributed by atoms with Crippen LogP contribution in [0.15, 0.2) is 33.7 Å². The van der Waals surface area contributed by atoms with Crippen LogP contribution >= 0.6 is 0 Å². The minimum Gasteiger partial charge on any atom is -0.347 e. The van der Waals surface area contributed by atoms with Crippen molar-refractivity contribution in [1.29, 1.82) is 0 Å². The molecule has 0 bridgehead atoms. The quantitative estimate of drug-likeness (QED) is 0.714. The van der Waals surface area contributed by atoms with Crippen LogP contribution in [0.5, 0.6) is 0 Å². The molecular weight excluding hydrogens is 437 g/mol. The van der Waals surface area contributed by atoms with Crippen LogP contribution in [-0.2, 0) is 27.5 Å². The van der Waals surface area contributed by atoms with E-state index in [9.17, 15) is 26.4 Å². The Kier molecular flexibility index (Phi) is 5.77. The molecule has 0 atom stereocenters. The normalized spacial score (nSPS) is 18.8. The van der Waals surface area contributed by atoms with Crippen LogP contribution in [0.2, 0.25) is 0 Å². The van der Waals surface area contributed by atoms with Crippen molar-refractivity contribution in [3.63, 3.8) is 0 Å². The summed E-state index contributed by atoms with van der Waals surface area (Å²) in [6.07, 6.45) is -2.03. The van der Waals surface area contributed by atoms with Gasteiger partial charge in [-0.1, -0.05) is 11.2 Å². The first-order valence-corrected chi connectivity index (χ1v) is 11.4. The summed E-state index contributed by atoms with van der Waals surface area (Å²) in [5, 5.41) is 6.60. The second kappa shape index (κ2) is 8.23. The molecule has 2 heterocycles. The summed E-state index contributed by atoms with van der Waals surface area (Å²) in [4.78, 5) is 16.2. The van der Waals surface area contributed by atoms with E-state index in [1.54, 1.807) is 0 Å². The lowest BCUT2D eigenvalue weighted by atomic mass is 9.97. The van der Waals surface area contributed by atoms with Crippen LogP contribution in [0.25, 0.3) is 0 Å². The van der Waals surface area contributed by atoms with Crippen molar-refractivity contribution < 1.29 is 30.9 Å². The van der Waals surface area contributed by atoms with Gasteiger partial charge in [-0.25, -0.2) is 8.42 Å². The topological polar surface area (TPSA) is 105 Å². The van der Waals surface area contributed by atoms with Crippen molar-refractivity contribution >= 4 is 15.9 Å². The average molecular weight is 458 g/mol. The van der Waals surface area contributed by atoms with Crippen LogP contribution in [0.3, 0.4) is 0 Å². The molecule has 1 aromatic carbocycles. The number of piperidine rings is 1. The minimum absolute atomic E-state index is 0.0447.